The molecule has 0 bridgehead atoms. The molecule has 1 heterocycles. The summed E-state index contributed by atoms with van der Waals surface area (Å²) in [6.45, 7) is 0. The van der Waals surface area contributed by atoms with E-state index in [9.17, 15) is 4.79 Å². The van der Waals surface area contributed by atoms with Gasteiger partial charge in [0.15, 0.2) is 5.69 Å². The van der Waals surface area contributed by atoms with E-state index in [-0.39, 0.29) is 11.8 Å². The first-order valence-electron chi connectivity index (χ1n) is 5.36. The molecule has 5 heteroatoms. The van der Waals surface area contributed by atoms with Crippen molar-refractivity contribution in [3.8, 4) is 5.88 Å². The number of carbonyl (C=O) groups is 1. The molecule has 0 aromatic carbocycles. The molecule has 0 unspecified atom stereocenters. The fraction of sp³-hybridized carbons (Fsp3) is 0.545. The first kappa shape index (κ1) is 10.9. The van der Waals surface area contributed by atoms with Gasteiger partial charge in [-0.15, -0.1) is 0 Å². The van der Waals surface area contributed by atoms with Crippen LogP contribution in [0.3, 0.4) is 0 Å². The summed E-state index contributed by atoms with van der Waals surface area (Å²) < 4.78 is 10.1. The van der Waals surface area contributed by atoms with Crippen LogP contribution >= 0.6 is 0 Å². The van der Waals surface area contributed by atoms with Crippen molar-refractivity contribution in [2.45, 2.75) is 31.8 Å². The van der Waals surface area contributed by atoms with E-state index in [0.717, 1.165) is 12.8 Å². The highest BCUT2D eigenvalue weighted by molar-refractivity contribution is 5.86. The predicted molar refractivity (Wildman–Crippen MR) is 56.3 cm³/mol. The van der Waals surface area contributed by atoms with E-state index >= 15 is 0 Å². The predicted octanol–water partition coefficient (Wildman–Crippen LogP) is 1.58. The Hall–Kier alpha value is -1.65. The summed E-state index contributed by atoms with van der Waals surface area (Å²) in [5.74, 6) is -0.0144. The van der Waals surface area contributed by atoms with Crippen molar-refractivity contribution in [3.63, 3.8) is 0 Å². The number of methoxy groups -OCH3 is 1. The zero-order chi connectivity index (χ0) is 11.4. The quantitative estimate of drug-likeness (QED) is 0.727. The van der Waals surface area contributed by atoms with E-state index in [4.69, 9.17) is 4.74 Å². The standard InChI is InChI=1S/C11H14N2O3/c1-15-11(14)9-6-13-10(7-12-9)16-8-4-2-3-5-8/h6-8H,2-5H2,1H3. The number of aromatic nitrogens is 2. The molecule has 1 aromatic heterocycles. The number of carbonyl (C=O) groups excluding carboxylic acids is 1. The fourth-order valence-electron chi connectivity index (χ4n) is 1.76. The van der Waals surface area contributed by atoms with Crippen molar-refractivity contribution < 1.29 is 14.3 Å². The second-order valence-electron chi connectivity index (χ2n) is 3.76. The summed E-state index contributed by atoms with van der Waals surface area (Å²) in [6, 6.07) is 0. The molecule has 0 N–H and O–H groups in total. The third-order valence-corrected chi connectivity index (χ3v) is 2.61. The van der Waals surface area contributed by atoms with Crippen LogP contribution in [0.25, 0.3) is 0 Å². The largest absolute Gasteiger partial charge is 0.473 e. The van der Waals surface area contributed by atoms with Gasteiger partial charge in [0, 0.05) is 0 Å². The Morgan fingerprint density at radius 1 is 1.31 bits per heavy atom. The third kappa shape index (κ3) is 2.48. The summed E-state index contributed by atoms with van der Waals surface area (Å²) in [4.78, 5) is 19.1. The first-order chi connectivity index (χ1) is 7.79. The van der Waals surface area contributed by atoms with Gasteiger partial charge in [-0.2, -0.15) is 0 Å². The maximum Gasteiger partial charge on any atom is 0.358 e. The van der Waals surface area contributed by atoms with Crippen molar-refractivity contribution in [1.29, 1.82) is 0 Å². The smallest absolute Gasteiger partial charge is 0.358 e. The Morgan fingerprint density at radius 2 is 2.06 bits per heavy atom. The summed E-state index contributed by atoms with van der Waals surface area (Å²) in [5.41, 5.74) is 0.196. The molecule has 0 atom stereocenters. The normalized spacial score (nSPS) is 16.1. The van der Waals surface area contributed by atoms with Gasteiger partial charge >= 0.3 is 5.97 Å². The van der Waals surface area contributed by atoms with Gasteiger partial charge < -0.3 is 9.47 Å². The molecule has 86 valence electrons. The van der Waals surface area contributed by atoms with Crippen LogP contribution in [0.2, 0.25) is 0 Å². The molecule has 1 aromatic rings. The zero-order valence-corrected chi connectivity index (χ0v) is 9.18. The van der Waals surface area contributed by atoms with Gasteiger partial charge in [0.05, 0.1) is 19.5 Å². The molecule has 2 rings (SSSR count). The van der Waals surface area contributed by atoms with E-state index < -0.39 is 5.97 Å². The number of ether oxygens (including phenoxy) is 2. The molecule has 0 amide bonds. The second-order valence-corrected chi connectivity index (χ2v) is 3.76. The molecule has 1 saturated carbocycles. The Kier molecular flexibility index (Phi) is 3.34. The zero-order valence-electron chi connectivity index (χ0n) is 9.18. The first-order valence-corrected chi connectivity index (χ1v) is 5.36. The maximum atomic E-state index is 11.1. The molecule has 0 spiro atoms. The van der Waals surface area contributed by atoms with Gasteiger partial charge in [0.1, 0.15) is 6.10 Å². The summed E-state index contributed by atoms with van der Waals surface area (Å²) >= 11 is 0. The molecule has 0 saturated heterocycles. The number of hydrogen-bond acceptors (Lipinski definition) is 5. The molecule has 5 nitrogen and oxygen atoms in total. The lowest BCUT2D eigenvalue weighted by Gasteiger charge is -2.11. The summed E-state index contributed by atoms with van der Waals surface area (Å²) in [7, 11) is 1.31. The summed E-state index contributed by atoms with van der Waals surface area (Å²) in [6.07, 6.45) is 7.64. The Morgan fingerprint density at radius 3 is 2.62 bits per heavy atom. The van der Waals surface area contributed by atoms with E-state index in [2.05, 4.69) is 14.7 Å². The average Bonchev–Trinajstić information content (AvgIpc) is 2.82. The van der Waals surface area contributed by atoms with E-state index in [1.807, 2.05) is 0 Å². The minimum atomic E-state index is -0.486. The van der Waals surface area contributed by atoms with E-state index in [1.165, 1.54) is 32.3 Å². The van der Waals surface area contributed by atoms with E-state index in [0.29, 0.717) is 5.88 Å². The van der Waals surface area contributed by atoms with Gasteiger partial charge in [-0.1, -0.05) is 0 Å². The molecule has 16 heavy (non-hydrogen) atoms. The lowest BCUT2D eigenvalue weighted by molar-refractivity contribution is 0.0593. The average molecular weight is 222 g/mol. The molecule has 0 radical (unpaired) electrons. The molecular weight excluding hydrogens is 208 g/mol. The lowest BCUT2D eigenvalue weighted by atomic mass is 10.3. The van der Waals surface area contributed by atoms with Crippen molar-refractivity contribution in [1.82, 2.24) is 9.97 Å². The Balaban J connectivity index is 1.98. The van der Waals surface area contributed by atoms with Crippen molar-refractivity contribution in [2.24, 2.45) is 0 Å². The van der Waals surface area contributed by atoms with E-state index in [1.54, 1.807) is 0 Å². The van der Waals surface area contributed by atoms with Gasteiger partial charge in [-0.3, -0.25) is 0 Å². The van der Waals surface area contributed by atoms with Crippen molar-refractivity contribution in [3.05, 3.63) is 18.1 Å². The van der Waals surface area contributed by atoms with Crippen LogP contribution in [0.5, 0.6) is 5.88 Å². The third-order valence-electron chi connectivity index (χ3n) is 2.61. The topological polar surface area (TPSA) is 61.3 Å². The highest BCUT2D eigenvalue weighted by Gasteiger charge is 2.17. The van der Waals surface area contributed by atoms with Crippen LogP contribution in [0, 0.1) is 0 Å². The minimum absolute atomic E-state index is 0.196. The highest BCUT2D eigenvalue weighted by atomic mass is 16.5. The number of hydrogen-bond donors (Lipinski definition) is 0. The molecule has 1 aliphatic rings. The van der Waals surface area contributed by atoms with Crippen LogP contribution in [0.15, 0.2) is 12.4 Å². The van der Waals surface area contributed by atoms with Gasteiger partial charge in [0.25, 0.3) is 0 Å². The van der Waals surface area contributed by atoms with Gasteiger partial charge in [-0.05, 0) is 25.7 Å². The lowest BCUT2D eigenvalue weighted by Crippen LogP contribution is -2.13. The van der Waals surface area contributed by atoms with Crippen LogP contribution in [0.1, 0.15) is 36.2 Å². The monoisotopic (exact) mass is 222 g/mol. The van der Waals surface area contributed by atoms with Crippen LogP contribution in [-0.2, 0) is 4.74 Å². The van der Waals surface area contributed by atoms with Crippen molar-refractivity contribution in [2.75, 3.05) is 7.11 Å². The molecule has 0 aliphatic heterocycles. The molecular formula is C11H14N2O3. The second kappa shape index (κ2) is 4.92. The molecule has 1 aliphatic carbocycles. The number of esters is 1. The minimum Gasteiger partial charge on any atom is -0.473 e. The van der Waals surface area contributed by atoms with Crippen LogP contribution in [0.4, 0.5) is 0 Å². The SMILES string of the molecule is COC(=O)c1cnc(OC2CCCC2)cn1. The van der Waals surface area contributed by atoms with Crippen molar-refractivity contribution >= 4 is 5.97 Å². The van der Waals surface area contributed by atoms with Gasteiger partial charge in [-0.25, -0.2) is 14.8 Å². The fourth-order valence-corrected chi connectivity index (χ4v) is 1.76. The van der Waals surface area contributed by atoms with Crippen LogP contribution in [-0.4, -0.2) is 29.2 Å². The maximum absolute atomic E-state index is 11.1. The summed E-state index contributed by atoms with van der Waals surface area (Å²) in [5, 5.41) is 0. The Labute approximate surface area is 93.8 Å². The highest BCUT2D eigenvalue weighted by Crippen LogP contribution is 2.22. The number of nitrogens with zero attached hydrogens (tertiary/aromatic N) is 2. The molecule has 1 fully saturated rings. The van der Waals surface area contributed by atoms with Gasteiger partial charge in [0.2, 0.25) is 5.88 Å². The number of rotatable bonds is 3. The Bertz CT molecular complexity index is 358. The van der Waals surface area contributed by atoms with Crippen LogP contribution < -0.4 is 4.74 Å².